The van der Waals surface area contributed by atoms with E-state index in [2.05, 4.69) is 4.90 Å². The number of amides is 1. The summed E-state index contributed by atoms with van der Waals surface area (Å²) in [5.74, 6) is -0.105. The minimum absolute atomic E-state index is 0.0754. The van der Waals surface area contributed by atoms with Gasteiger partial charge < -0.3 is 4.90 Å². The molecule has 0 aromatic heterocycles. The van der Waals surface area contributed by atoms with Gasteiger partial charge in [0.25, 0.3) is 0 Å². The lowest BCUT2D eigenvalue weighted by molar-refractivity contribution is -0.135. The van der Waals surface area contributed by atoms with E-state index in [1.54, 1.807) is 17.0 Å². The zero-order chi connectivity index (χ0) is 15.2. The molecule has 0 spiro atoms. The number of nitrogens with zero attached hydrogens (tertiary/aromatic N) is 2. The van der Waals surface area contributed by atoms with Gasteiger partial charge in [-0.3, -0.25) is 9.69 Å². The topological polar surface area (TPSA) is 23.6 Å². The molecular weight excluding hydrogens is 267 g/mol. The fourth-order valence-electron chi connectivity index (χ4n) is 2.90. The lowest BCUT2D eigenvalue weighted by Crippen LogP contribution is -2.45. The van der Waals surface area contributed by atoms with Crippen molar-refractivity contribution < 1.29 is 9.18 Å². The summed E-state index contributed by atoms with van der Waals surface area (Å²) < 4.78 is 12.9. The number of carbonyl (C=O) groups is 1. The van der Waals surface area contributed by atoms with Crippen LogP contribution in [0.5, 0.6) is 0 Å². The molecule has 1 aromatic carbocycles. The fourth-order valence-corrected chi connectivity index (χ4v) is 2.90. The molecule has 1 saturated heterocycles. The van der Waals surface area contributed by atoms with Crippen LogP contribution in [0.4, 0.5) is 4.39 Å². The van der Waals surface area contributed by atoms with Crippen molar-refractivity contribution in [2.24, 2.45) is 0 Å². The summed E-state index contributed by atoms with van der Waals surface area (Å²) >= 11 is 0. The molecule has 1 atom stereocenters. The van der Waals surface area contributed by atoms with Gasteiger partial charge in [0.15, 0.2) is 0 Å². The lowest BCUT2D eigenvalue weighted by atomic mass is 10.2. The van der Waals surface area contributed by atoms with Crippen molar-refractivity contribution >= 4 is 5.91 Å². The molecule has 1 unspecified atom stereocenters. The highest BCUT2D eigenvalue weighted by atomic mass is 19.1. The van der Waals surface area contributed by atoms with Gasteiger partial charge >= 0.3 is 0 Å². The fraction of sp³-hybridized carbons (Fsp3) is 0.588. The Balaban J connectivity index is 1.92. The van der Waals surface area contributed by atoms with E-state index < -0.39 is 0 Å². The van der Waals surface area contributed by atoms with Crippen LogP contribution in [0.1, 0.15) is 38.2 Å². The van der Waals surface area contributed by atoms with E-state index in [1.807, 2.05) is 14.0 Å². The van der Waals surface area contributed by atoms with Gasteiger partial charge in [-0.1, -0.05) is 25.0 Å². The Labute approximate surface area is 126 Å². The van der Waals surface area contributed by atoms with Gasteiger partial charge in [-0.25, -0.2) is 4.39 Å². The highest BCUT2D eigenvalue weighted by Crippen LogP contribution is 2.14. The molecule has 1 aliphatic heterocycles. The van der Waals surface area contributed by atoms with E-state index in [9.17, 15) is 9.18 Å². The van der Waals surface area contributed by atoms with Crippen molar-refractivity contribution in [1.29, 1.82) is 0 Å². The molecule has 0 N–H and O–H groups in total. The summed E-state index contributed by atoms with van der Waals surface area (Å²) in [6.07, 6.45) is 4.89. The highest BCUT2D eigenvalue weighted by Gasteiger charge is 2.24. The van der Waals surface area contributed by atoms with E-state index in [-0.39, 0.29) is 17.8 Å². The minimum Gasteiger partial charge on any atom is -0.340 e. The number of hydrogen-bond acceptors (Lipinski definition) is 2. The molecule has 1 heterocycles. The number of benzene rings is 1. The minimum atomic E-state index is -0.245. The first-order valence-corrected chi connectivity index (χ1v) is 7.81. The van der Waals surface area contributed by atoms with Crippen molar-refractivity contribution in [2.45, 2.75) is 45.2 Å². The van der Waals surface area contributed by atoms with E-state index in [0.29, 0.717) is 6.54 Å². The molecule has 0 bridgehead atoms. The normalized spacial score (nSPS) is 18.0. The van der Waals surface area contributed by atoms with Gasteiger partial charge in [0.1, 0.15) is 5.82 Å². The van der Waals surface area contributed by atoms with Crippen molar-refractivity contribution in [2.75, 3.05) is 20.1 Å². The molecule has 2 rings (SSSR count). The number of likely N-dealkylation sites (N-methyl/N-ethyl adjacent to an activating group) is 1. The van der Waals surface area contributed by atoms with Crippen molar-refractivity contribution in [3.63, 3.8) is 0 Å². The molecule has 1 aromatic rings. The average molecular weight is 292 g/mol. The van der Waals surface area contributed by atoms with Gasteiger partial charge in [0, 0.05) is 13.6 Å². The van der Waals surface area contributed by atoms with Crippen LogP contribution < -0.4 is 0 Å². The molecule has 0 saturated carbocycles. The zero-order valence-corrected chi connectivity index (χ0v) is 13.0. The van der Waals surface area contributed by atoms with Crippen LogP contribution in [0.15, 0.2) is 24.3 Å². The van der Waals surface area contributed by atoms with Crippen LogP contribution in [0.2, 0.25) is 0 Å². The first kappa shape index (κ1) is 16.0. The second-order valence-corrected chi connectivity index (χ2v) is 5.95. The van der Waals surface area contributed by atoms with Crippen LogP contribution >= 0.6 is 0 Å². The zero-order valence-electron chi connectivity index (χ0n) is 13.0. The number of hydrogen-bond donors (Lipinski definition) is 0. The van der Waals surface area contributed by atoms with Gasteiger partial charge in [-0.15, -0.1) is 0 Å². The predicted octanol–water partition coefficient (Wildman–Crippen LogP) is 3.05. The first-order valence-electron chi connectivity index (χ1n) is 7.81. The van der Waals surface area contributed by atoms with Gasteiger partial charge in [-0.2, -0.15) is 0 Å². The largest absolute Gasteiger partial charge is 0.340 e. The molecule has 1 aliphatic rings. The summed E-state index contributed by atoms with van der Waals surface area (Å²) in [6.45, 7) is 4.54. The third-order valence-electron chi connectivity index (χ3n) is 4.25. The molecule has 21 heavy (non-hydrogen) atoms. The monoisotopic (exact) mass is 292 g/mol. The van der Waals surface area contributed by atoms with E-state index in [4.69, 9.17) is 0 Å². The van der Waals surface area contributed by atoms with Crippen LogP contribution in [0, 0.1) is 5.82 Å². The van der Waals surface area contributed by atoms with Crippen LogP contribution in [-0.4, -0.2) is 41.9 Å². The van der Waals surface area contributed by atoms with E-state index in [0.717, 1.165) is 18.7 Å². The molecule has 4 heteroatoms. The number of likely N-dealkylation sites (tertiary alicyclic amines) is 1. The van der Waals surface area contributed by atoms with Crippen LogP contribution in [0.25, 0.3) is 0 Å². The highest BCUT2D eigenvalue weighted by molar-refractivity contribution is 5.81. The SMILES string of the molecule is CC(C(=O)N(C)Cc1ccc(F)cc1)N1CCCCCC1. The summed E-state index contributed by atoms with van der Waals surface area (Å²) in [6, 6.07) is 6.26. The predicted molar refractivity (Wildman–Crippen MR) is 82.4 cm³/mol. The third kappa shape index (κ3) is 4.53. The Hall–Kier alpha value is -1.42. The van der Waals surface area contributed by atoms with Gasteiger partial charge in [-0.05, 0) is 50.6 Å². The lowest BCUT2D eigenvalue weighted by Gasteiger charge is -2.30. The van der Waals surface area contributed by atoms with Crippen LogP contribution in [0.3, 0.4) is 0 Å². The van der Waals surface area contributed by atoms with Crippen molar-refractivity contribution in [1.82, 2.24) is 9.80 Å². The average Bonchev–Trinajstić information content (AvgIpc) is 2.77. The maximum Gasteiger partial charge on any atom is 0.239 e. The summed E-state index contributed by atoms with van der Waals surface area (Å²) in [4.78, 5) is 16.6. The van der Waals surface area contributed by atoms with Gasteiger partial charge in [0.05, 0.1) is 6.04 Å². The molecule has 1 amide bonds. The molecular formula is C17H25FN2O. The maximum atomic E-state index is 12.9. The Morgan fingerprint density at radius 1 is 1.19 bits per heavy atom. The second-order valence-electron chi connectivity index (χ2n) is 5.95. The quantitative estimate of drug-likeness (QED) is 0.851. The van der Waals surface area contributed by atoms with Crippen molar-refractivity contribution in [3.8, 4) is 0 Å². The van der Waals surface area contributed by atoms with Gasteiger partial charge in [0.2, 0.25) is 5.91 Å². The van der Waals surface area contributed by atoms with Crippen LogP contribution in [-0.2, 0) is 11.3 Å². The Bertz CT molecular complexity index is 452. The molecule has 3 nitrogen and oxygen atoms in total. The smallest absolute Gasteiger partial charge is 0.239 e. The molecule has 0 aliphatic carbocycles. The number of carbonyl (C=O) groups excluding carboxylic acids is 1. The maximum absolute atomic E-state index is 12.9. The standard InChI is InChI=1S/C17H25FN2O/c1-14(20-11-5-3-4-6-12-20)17(21)19(2)13-15-7-9-16(18)10-8-15/h7-10,14H,3-6,11-13H2,1-2H3. The second kappa shape index (κ2) is 7.55. The molecule has 0 radical (unpaired) electrons. The van der Waals surface area contributed by atoms with E-state index in [1.165, 1.54) is 37.8 Å². The number of rotatable bonds is 4. The third-order valence-corrected chi connectivity index (χ3v) is 4.25. The Morgan fingerprint density at radius 3 is 2.33 bits per heavy atom. The number of halogens is 1. The van der Waals surface area contributed by atoms with E-state index >= 15 is 0 Å². The first-order chi connectivity index (χ1) is 10.1. The van der Waals surface area contributed by atoms with Crippen molar-refractivity contribution in [3.05, 3.63) is 35.6 Å². The molecule has 1 fully saturated rings. The Kier molecular flexibility index (Phi) is 5.74. The summed E-state index contributed by atoms with van der Waals surface area (Å²) in [5.41, 5.74) is 0.954. The molecule has 116 valence electrons. The Morgan fingerprint density at radius 2 is 1.76 bits per heavy atom. The summed E-state index contributed by atoms with van der Waals surface area (Å²) in [7, 11) is 1.82. The summed E-state index contributed by atoms with van der Waals surface area (Å²) in [5, 5.41) is 0.